The van der Waals surface area contributed by atoms with Crippen molar-refractivity contribution < 1.29 is 9.90 Å². The van der Waals surface area contributed by atoms with Gasteiger partial charge in [-0.05, 0) is 36.5 Å². The van der Waals surface area contributed by atoms with E-state index in [1.165, 1.54) is 11.1 Å². The highest BCUT2D eigenvalue weighted by atomic mass is 79.9. The van der Waals surface area contributed by atoms with Gasteiger partial charge in [-0.15, -0.1) is 11.3 Å². The number of carbonyl (C=O) groups is 1. The molecule has 1 aromatic carbocycles. The predicted octanol–water partition coefficient (Wildman–Crippen LogP) is 5.03. The first-order chi connectivity index (χ1) is 10.1. The van der Waals surface area contributed by atoms with Gasteiger partial charge in [-0.2, -0.15) is 0 Å². The number of benzene rings is 1. The maximum Gasteiger partial charge on any atom is 0.303 e. The number of aromatic nitrogens is 1. The highest BCUT2D eigenvalue weighted by molar-refractivity contribution is 9.10. The minimum absolute atomic E-state index is 0.0881. The minimum Gasteiger partial charge on any atom is -0.481 e. The standard InChI is InChI=1S/C16H18BrNO2S/c17-11-4-5-13-12(8-11)18-14(21-13)9-16(10-15(19)20)6-2-1-3-7-16/h4-5,8H,1-3,6-7,9-10H2,(H,19,20). The average molecular weight is 368 g/mol. The summed E-state index contributed by atoms with van der Waals surface area (Å²) in [7, 11) is 0. The van der Waals surface area contributed by atoms with Crippen LogP contribution < -0.4 is 0 Å². The second-order valence-electron chi connectivity index (χ2n) is 6.03. The number of fused-ring (bicyclic) bond motifs is 1. The van der Waals surface area contributed by atoms with Crippen molar-refractivity contribution in [2.75, 3.05) is 0 Å². The van der Waals surface area contributed by atoms with E-state index in [1.807, 2.05) is 12.1 Å². The molecule has 1 saturated carbocycles. The zero-order valence-electron chi connectivity index (χ0n) is 11.8. The summed E-state index contributed by atoms with van der Waals surface area (Å²) in [6, 6.07) is 6.13. The molecule has 1 aliphatic carbocycles. The van der Waals surface area contributed by atoms with Gasteiger partial charge < -0.3 is 5.11 Å². The smallest absolute Gasteiger partial charge is 0.303 e. The normalized spacial score (nSPS) is 18.0. The van der Waals surface area contributed by atoms with E-state index in [0.717, 1.165) is 47.1 Å². The van der Waals surface area contributed by atoms with Gasteiger partial charge in [0.05, 0.1) is 21.6 Å². The Balaban J connectivity index is 1.88. The molecule has 0 unspecified atom stereocenters. The van der Waals surface area contributed by atoms with E-state index in [1.54, 1.807) is 11.3 Å². The molecule has 0 spiro atoms. The van der Waals surface area contributed by atoms with E-state index in [2.05, 4.69) is 22.0 Å². The lowest BCUT2D eigenvalue weighted by molar-refractivity contribution is -0.140. The number of rotatable bonds is 4. The monoisotopic (exact) mass is 367 g/mol. The number of halogens is 1. The van der Waals surface area contributed by atoms with E-state index in [9.17, 15) is 9.90 Å². The summed E-state index contributed by atoms with van der Waals surface area (Å²) in [5.74, 6) is -0.680. The van der Waals surface area contributed by atoms with Crippen molar-refractivity contribution in [3.05, 3.63) is 27.7 Å². The molecule has 2 aromatic rings. The molecule has 0 amide bonds. The van der Waals surface area contributed by atoms with Crippen LogP contribution in [0.5, 0.6) is 0 Å². The van der Waals surface area contributed by atoms with Gasteiger partial charge in [-0.25, -0.2) is 4.98 Å². The zero-order chi connectivity index (χ0) is 14.9. The first kappa shape index (κ1) is 15.0. The van der Waals surface area contributed by atoms with Gasteiger partial charge in [0.15, 0.2) is 0 Å². The Bertz CT molecular complexity index is 661. The van der Waals surface area contributed by atoms with Gasteiger partial charge in [-0.3, -0.25) is 4.79 Å². The lowest BCUT2D eigenvalue weighted by atomic mass is 9.70. The van der Waals surface area contributed by atoms with Crippen molar-refractivity contribution in [1.29, 1.82) is 0 Å². The van der Waals surface area contributed by atoms with Crippen LogP contribution in [0, 0.1) is 5.41 Å². The van der Waals surface area contributed by atoms with Crippen LogP contribution in [0.3, 0.4) is 0 Å². The van der Waals surface area contributed by atoms with Crippen molar-refractivity contribution in [2.24, 2.45) is 5.41 Å². The lowest BCUT2D eigenvalue weighted by Gasteiger charge is -2.35. The average Bonchev–Trinajstić information content (AvgIpc) is 2.79. The fourth-order valence-corrected chi connectivity index (χ4v) is 4.85. The number of thiazole rings is 1. The molecule has 3 nitrogen and oxygen atoms in total. The van der Waals surface area contributed by atoms with Crippen molar-refractivity contribution in [2.45, 2.75) is 44.9 Å². The fraction of sp³-hybridized carbons (Fsp3) is 0.500. The van der Waals surface area contributed by atoms with Gasteiger partial charge in [-0.1, -0.05) is 35.2 Å². The van der Waals surface area contributed by atoms with Gasteiger partial charge >= 0.3 is 5.97 Å². The number of hydrogen-bond acceptors (Lipinski definition) is 3. The van der Waals surface area contributed by atoms with E-state index >= 15 is 0 Å². The number of carboxylic acids is 1. The third kappa shape index (κ3) is 3.46. The van der Waals surface area contributed by atoms with Crippen LogP contribution in [0.15, 0.2) is 22.7 Å². The van der Waals surface area contributed by atoms with Crippen molar-refractivity contribution >= 4 is 43.5 Å². The summed E-state index contributed by atoms with van der Waals surface area (Å²) >= 11 is 5.17. The molecule has 0 aliphatic heterocycles. The molecule has 0 bridgehead atoms. The van der Waals surface area contributed by atoms with Crippen LogP contribution >= 0.6 is 27.3 Å². The summed E-state index contributed by atoms with van der Waals surface area (Å²) in [5.41, 5.74) is 0.917. The van der Waals surface area contributed by atoms with Crippen molar-refractivity contribution in [1.82, 2.24) is 4.98 Å². The van der Waals surface area contributed by atoms with Crippen molar-refractivity contribution in [3.8, 4) is 0 Å². The molecular formula is C16H18BrNO2S. The summed E-state index contributed by atoms with van der Waals surface area (Å²) < 4.78 is 2.21. The molecule has 1 aliphatic rings. The first-order valence-corrected chi connectivity index (χ1v) is 8.94. The fourth-order valence-electron chi connectivity index (χ4n) is 3.38. The Kier molecular flexibility index (Phi) is 4.31. The third-order valence-corrected chi connectivity index (χ3v) is 5.89. The molecule has 0 radical (unpaired) electrons. The van der Waals surface area contributed by atoms with Crippen LogP contribution in [0.4, 0.5) is 0 Å². The second kappa shape index (κ2) is 6.05. The van der Waals surface area contributed by atoms with E-state index in [-0.39, 0.29) is 11.8 Å². The third-order valence-electron chi connectivity index (χ3n) is 4.36. The van der Waals surface area contributed by atoms with Gasteiger partial charge in [0.1, 0.15) is 0 Å². The Morgan fingerprint density at radius 3 is 2.81 bits per heavy atom. The molecule has 0 atom stereocenters. The largest absolute Gasteiger partial charge is 0.481 e. The molecule has 5 heteroatoms. The molecule has 1 fully saturated rings. The molecule has 1 N–H and O–H groups in total. The van der Waals surface area contributed by atoms with Gasteiger partial charge in [0, 0.05) is 10.9 Å². The maximum absolute atomic E-state index is 11.3. The van der Waals surface area contributed by atoms with Gasteiger partial charge in [0.25, 0.3) is 0 Å². The molecule has 1 heterocycles. The predicted molar refractivity (Wildman–Crippen MR) is 88.8 cm³/mol. The lowest BCUT2D eigenvalue weighted by Crippen LogP contribution is -2.29. The van der Waals surface area contributed by atoms with Crippen LogP contribution in [-0.4, -0.2) is 16.1 Å². The van der Waals surface area contributed by atoms with Crippen LogP contribution in [-0.2, 0) is 11.2 Å². The Hall–Kier alpha value is -0.940. The topological polar surface area (TPSA) is 50.2 Å². The van der Waals surface area contributed by atoms with Crippen LogP contribution in [0.25, 0.3) is 10.2 Å². The Morgan fingerprint density at radius 2 is 2.10 bits per heavy atom. The minimum atomic E-state index is -0.680. The Labute approximate surface area is 136 Å². The highest BCUT2D eigenvalue weighted by Gasteiger charge is 2.35. The van der Waals surface area contributed by atoms with Gasteiger partial charge in [0.2, 0.25) is 0 Å². The zero-order valence-corrected chi connectivity index (χ0v) is 14.2. The molecular weight excluding hydrogens is 350 g/mol. The van der Waals surface area contributed by atoms with Crippen LogP contribution in [0.2, 0.25) is 0 Å². The molecule has 3 rings (SSSR count). The molecule has 112 valence electrons. The van der Waals surface area contributed by atoms with E-state index < -0.39 is 5.97 Å². The molecule has 21 heavy (non-hydrogen) atoms. The summed E-state index contributed by atoms with van der Waals surface area (Å²) in [4.78, 5) is 16.0. The summed E-state index contributed by atoms with van der Waals surface area (Å²) in [6.45, 7) is 0. The Morgan fingerprint density at radius 1 is 1.33 bits per heavy atom. The summed E-state index contributed by atoms with van der Waals surface area (Å²) in [6.07, 6.45) is 6.61. The number of hydrogen-bond donors (Lipinski definition) is 1. The SMILES string of the molecule is O=C(O)CC1(Cc2nc3cc(Br)ccc3s2)CCCCC1. The molecule has 1 aromatic heterocycles. The quantitative estimate of drug-likeness (QED) is 0.824. The molecule has 0 saturated heterocycles. The van der Waals surface area contributed by atoms with Crippen LogP contribution in [0.1, 0.15) is 43.5 Å². The second-order valence-corrected chi connectivity index (χ2v) is 8.06. The van der Waals surface area contributed by atoms with Crippen molar-refractivity contribution in [3.63, 3.8) is 0 Å². The van der Waals surface area contributed by atoms with E-state index in [0.29, 0.717) is 0 Å². The summed E-state index contributed by atoms with van der Waals surface area (Å²) in [5, 5.41) is 10.3. The van der Waals surface area contributed by atoms with E-state index in [4.69, 9.17) is 4.98 Å². The first-order valence-electron chi connectivity index (χ1n) is 7.33. The number of carboxylic acid groups (broad SMARTS) is 1. The highest BCUT2D eigenvalue weighted by Crippen LogP contribution is 2.43. The number of nitrogens with zero attached hydrogens (tertiary/aromatic N) is 1. The maximum atomic E-state index is 11.3. The number of aliphatic carboxylic acids is 1.